The Bertz CT molecular complexity index is 2630. The molecule has 5 aromatic rings. The number of amides is 2. The molecule has 326 valence electrons. The summed E-state index contributed by atoms with van der Waals surface area (Å²) < 4.78 is 8.56. The summed E-state index contributed by atoms with van der Waals surface area (Å²) in [4.78, 5) is 41.8. The van der Waals surface area contributed by atoms with E-state index in [0.717, 1.165) is 82.7 Å². The summed E-state index contributed by atoms with van der Waals surface area (Å²) in [6, 6.07) is 19.9. The molecule has 0 bridgehead atoms. The zero-order chi connectivity index (χ0) is 43.9. The zero-order valence-electron chi connectivity index (χ0n) is 36.5. The number of aryl methyl sites for hydroxylation is 1. The Kier molecular flexibility index (Phi) is 11.2. The summed E-state index contributed by atoms with van der Waals surface area (Å²) in [5.41, 5.74) is 13.5. The van der Waals surface area contributed by atoms with E-state index in [-0.39, 0.29) is 45.1 Å². The molecule has 1 saturated carbocycles. The lowest BCUT2D eigenvalue weighted by Gasteiger charge is -2.63. The molecule has 2 amide bonds. The van der Waals surface area contributed by atoms with E-state index in [1.165, 1.54) is 0 Å². The fourth-order valence-corrected chi connectivity index (χ4v) is 10.00. The van der Waals surface area contributed by atoms with Crippen LogP contribution in [0, 0.1) is 35.0 Å². The van der Waals surface area contributed by atoms with Gasteiger partial charge in [0.25, 0.3) is 5.91 Å². The highest BCUT2D eigenvalue weighted by molar-refractivity contribution is 6.14. The maximum absolute atomic E-state index is 13.6. The van der Waals surface area contributed by atoms with Crippen molar-refractivity contribution in [1.82, 2.24) is 25.1 Å². The average Bonchev–Trinajstić information content (AvgIpc) is 3.52. The summed E-state index contributed by atoms with van der Waals surface area (Å²) in [5.74, 6) is 1.45. The Morgan fingerprint density at radius 3 is 2.52 bits per heavy atom. The van der Waals surface area contributed by atoms with Crippen LogP contribution in [0.1, 0.15) is 85.3 Å². The van der Waals surface area contributed by atoms with Gasteiger partial charge in [-0.3, -0.25) is 19.3 Å². The van der Waals surface area contributed by atoms with Crippen molar-refractivity contribution in [2.24, 2.45) is 27.5 Å². The van der Waals surface area contributed by atoms with Crippen LogP contribution in [0.4, 0.5) is 17.3 Å². The number of aromatic nitrogens is 4. The number of hydrogen-bond acceptors (Lipinski definition) is 11. The van der Waals surface area contributed by atoms with Crippen LogP contribution < -0.4 is 31.3 Å². The van der Waals surface area contributed by atoms with Crippen molar-refractivity contribution < 1.29 is 18.6 Å². The number of aliphatic imine (C=N–C) groups is 1. The van der Waals surface area contributed by atoms with Crippen molar-refractivity contribution in [2.75, 3.05) is 35.7 Å². The zero-order valence-corrected chi connectivity index (χ0v) is 36.5. The molecule has 1 atom stereocenters. The van der Waals surface area contributed by atoms with Gasteiger partial charge in [0.15, 0.2) is 0 Å². The van der Waals surface area contributed by atoms with Gasteiger partial charge in [-0.1, -0.05) is 45.9 Å². The number of nitrogens with one attached hydrogen (secondary N) is 3. The van der Waals surface area contributed by atoms with Crippen LogP contribution >= 0.6 is 0 Å². The molecule has 0 unspecified atom stereocenters. The van der Waals surface area contributed by atoms with Crippen LogP contribution in [0.2, 0.25) is 0 Å². The largest absolute Gasteiger partial charge is 0.489 e. The van der Waals surface area contributed by atoms with Gasteiger partial charge in [0.2, 0.25) is 11.9 Å². The topological polar surface area (TPSA) is 188 Å². The molecule has 62 heavy (non-hydrogen) atoms. The number of ether oxygens (including phenoxy) is 1. The molecule has 3 aliphatic rings. The van der Waals surface area contributed by atoms with E-state index in [9.17, 15) is 14.9 Å². The van der Waals surface area contributed by atoms with Crippen LogP contribution in [0.25, 0.3) is 27.6 Å². The Morgan fingerprint density at radius 1 is 1.10 bits per heavy atom. The van der Waals surface area contributed by atoms with Gasteiger partial charge in [0.1, 0.15) is 17.5 Å². The number of para-hydroxylation sites is 1. The van der Waals surface area contributed by atoms with Gasteiger partial charge in [0, 0.05) is 102 Å². The standard InChI is InChI=1S/C48H55N11O3.3H2/c1-28-19-35(13-11-32(28)22-49)62-45-47(3,4)44(48(45,5)6)56-43(61)34-25-52-46(53-26-34)58-17-15-30(16-18-58)27-59-39-14-12-31(21-37(39)41(57-59)33(23-50)24-51-7)36-9-8-10-38-42(36)54-29(2)20-40(60)55-38;;;/h8-14,19,21,23-26,29-30,44-45,54H,15-18,20,27,50H2,1-7H3,(H,55,60)(H,56,61);3*1H/b33-23+,51-24?;;;/t29-,44?,45?;;;/m1.../s1. The Balaban J connectivity index is 0.00000264. The molecule has 4 heterocycles. The predicted molar refractivity (Wildman–Crippen MR) is 251 cm³/mol. The second-order valence-electron chi connectivity index (χ2n) is 18.1. The molecule has 0 radical (unpaired) electrons. The lowest BCUT2D eigenvalue weighted by Crippen LogP contribution is -2.74. The van der Waals surface area contributed by atoms with Gasteiger partial charge in [0.05, 0.1) is 34.1 Å². The van der Waals surface area contributed by atoms with Crippen molar-refractivity contribution in [3.63, 3.8) is 0 Å². The third-order valence-corrected chi connectivity index (χ3v) is 12.9. The van der Waals surface area contributed by atoms with Gasteiger partial charge in [-0.2, -0.15) is 10.4 Å². The summed E-state index contributed by atoms with van der Waals surface area (Å²) in [6.07, 6.45) is 8.58. The van der Waals surface area contributed by atoms with Gasteiger partial charge in [-0.25, -0.2) is 9.97 Å². The predicted octanol–water partition coefficient (Wildman–Crippen LogP) is 8.08. The molecule has 2 fully saturated rings. The minimum Gasteiger partial charge on any atom is -0.489 e. The number of hydrogen-bond donors (Lipinski definition) is 4. The number of carbonyl (C=O) groups excluding carboxylic acids is 2. The quantitative estimate of drug-likeness (QED) is 0.100. The van der Waals surface area contributed by atoms with Crippen molar-refractivity contribution in [3.05, 3.63) is 95.6 Å². The highest BCUT2D eigenvalue weighted by Crippen LogP contribution is 2.55. The summed E-state index contributed by atoms with van der Waals surface area (Å²) in [5, 5.41) is 25.3. The van der Waals surface area contributed by atoms with Gasteiger partial charge in [-0.15, -0.1) is 0 Å². The minimum atomic E-state index is -0.356. The van der Waals surface area contributed by atoms with E-state index >= 15 is 0 Å². The minimum absolute atomic E-state index is 0. The fourth-order valence-electron chi connectivity index (χ4n) is 10.00. The fraction of sp³-hybridized carbons (Fsp3) is 0.396. The molecule has 2 aliphatic heterocycles. The summed E-state index contributed by atoms with van der Waals surface area (Å²) in [7, 11) is 1.72. The van der Waals surface area contributed by atoms with E-state index in [1.807, 2.05) is 38.1 Å². The molecule has 8 rings (SSSR count). The van der Waals surface area contributed by atoms with E-state index in [0.29, 0.717) is 35.2 Å². The normalized spacial score (nSPS) is 21.0. The van der Waals surface area contributed by atoms with Gasteiger partial charge < -0.3 is 31.3 Å². The first-order chi connectivity index (χ1) is 29.7. The molecular formula is C48H61N11O3. The molecular weight excluding hydrogens is 779 g/mol. The maximum atomic E-state index is 13.6. The molecule has 14 heteroatoms. The van der Waals surface area contributed by atoms with Crippen LogP contribution in [0.5, 0.6) is 5.75 Å². The number of piperidine rings is 1. The number of carbonyl (C=O) groups is 2. The highest BCUT2D eigenvalue weighted by Gasteiger charge is 2.64. The average molecular weight is 840 g/mol. The van der Waals surface area contributed by atoms with E-state index < -0.39 is 0 Å². The second kappa shape index (κ2) is 16.6. The van der Waals surface area contributed by atoms with Crippen LogP contribution in [0.15, 0.2) is 78.2 Å². The monoisotopic (exact) mass is 839 g/mol. The van der Waals surface area contributed by atoms with Crippen molar-refractivity contribution in [3.8, 4) is 22.9 Å². The second-order valence-corrected chi connectivity index (χ2v) is 18.1. The SMILES string of the molecule is CN=C/C(=C\N)c1nn(CC2CCN(c3ncc(C(=O)NC4C(C)(C)C(Oc5ccc(C#N)c(C)c5)C4(C)C)cn3)CC2)c2ccc(-c3cccc4c3N[C@H](C)CC(=O)N4)cc12.[HH].[HH].[HH]. The van der Waals surface area contributed by atoms with E-state index in [1.54, 1.807) is 37.9 Å². The van der Waals surface area contributed by atoms with Crippen LogP contribution in [-0.4, -0.2) is 76.1 Å². The molecule has 5 N–H and O–H groups in total. The molecule has 1 aliphatic carbocycles. The number of allylic oxidation sites excluding steroid dienone is 1. The smallest absolute Gasteiger partial charge is 0.254 e. The Morgan fingerprint density at radius 2 is 1.84 bits per heavy atom. The molecule has 1 saturated heterocycles. The number of fused-ring (bicyclic) bond motifs is 2. The number of nitriles is 1. The lowest BCUT2D eigenvalue weighted by atomic mass is 9.49. The Hall–Kier alpha value is -6.75. The Labute approximate surface area is 367 Å². The maximum Gasteiger partial charge on any atom is 0.254 e. The van der Waals surface area contributed by atoms with E-state index in [4.69, 9.17) is 15.6 Å². The third kappa shape index (κ3) is 7.83. The van der Waals surface area contributed by atoms with Gasteiger partial charge >= 0.3 is 0 Å². The first kappa shape index (κ1) is 42.0. The van der Waals surface area contributed by atoms with Crippen molar-refractivity contribution in [2.45, 2.75) is 85.5 Å². The van der Waals surface area contributed by atoms with Crippen LogP contribution in [-0.2, 0) is 11.3 Å². The van der Waals surface area contributed by atoms with Crippen molar-refractivity contribution in [1.29, 1.82) is 5.26 Å². The molecule has 0 spiro atoms. The first-order valence-electron chi connectivity index (χ1n) is 21.3. The molecule has 2 aromatic heterocycles. The number of nitrogens with two attached hydrogens (primary N) is 1. The number of anilines is 3. The van der Waals surface area contributed by atoms with E-state index in [2.05, 4.69) is 98.5 Å². The van der Waals surface area contributed by atoms with Crippen LogP contribution in [0.3, 0.4) is 0 Å². The highest BCUT2D eigenvalue weighted by atomic mass is 16.5. The summed E-state index contributed by atoms with van der Waals surface area (Å²) in [6.45, 7) is 14.6. The van der Waals surface area contributed by atoms with Crippen molar-refractivity contribution >= 4 is 51.8 Å². The van der Waals surface area contributed by atoms with Gasteiger partial charge in [-0.05, 0) is 80.1 Å². The molecule has 3 aromatic carbocycles. The number of nitrogens with zero attached hydrogens (tertiary/aromatic N) is 7. The first-order valence-corrected chi connectivity index (χ1v) is 21.3. The molecule has 14 nitrogen and oxygen atoms in total. The number of benzene rings is 3. The third-order valence-electron chi connectivity index (χ3n) is 12.9. The lowest BCUT2D eigenvalue weighted by molar-refractivity contribution is -0.164. The summed E-state index contributed by atoms with van der Waals surface area (Å²) >= 11 is 0. The number of rotatable bonds is 10.